The largest absolute Gasteiger partial charge is 0.302 e. The van der Waals surface area contributed by atoms with Gasteiger partial charge in [-0.2, -0.15) is 0 Å². The Morgan fingerprint density at radius 2 is 2.10 bits per heavy atom. The van der Waals surface area contributed by atoms with Crippen LogP contribution in [-0.2, 0) is 6.54 Å². The fourth-order valence-corrected chi connectivity index (χ4v) is 3.57. The molecule has 1 aliphatic rings. The smallest absolute Gasteiger partial charge is 0.265 e. The number of halogens is 1. The van der Waals surface area contributed by atoms with Crippen molar-refractivity contribution in [3.63, 3.8) is 0 Å². The Morgan fingerprint density at radius 1 is 1.38 bits per heavy atom. The molecular formula is C16H24BrN3O. The van der Waals surface area contributed by atoms with Crippen molar-refractivity contribution >= 4 is 21.8 Å². The van der Waals surface area contributed by atoms with Gasteiger partial charge in [0.25, 0.3) is 5.91 Å². The molecule has 2 rings (SSSR count). The SMILES string of the molecule is CN(Cc1ccc(C(=O)NN)cc1Br)CC1CCCCC1. The van der Waals surface area contributed by atoms with Crippen molar-refractivity contribution in [3.8, 4) is 0 Å². The molecule has 21 heavy (non-hydrogen) atoms. The lowest BCUT2D eigenvalue weighted by Gasteiger charge is -2.27. The highest BCUT2D eigenvalue weighted by Gasteiger charge is 2.16. The number of hydrogen-bond acceptors (Lipinski definition) is 3. The van der Waals surface area contributed by atoms with Gasteiger partial charge < -0.3 is 4.90 Å². The summed E-state index contributed by atoms with van der Waals surface area (Å²) in [4.78, 5) is 13.9. The maximum Gasteiger partial charge on any atom is 0.265 e. The van der Waals surface area contributed by atoms with Crippen LogP contribution in [0.15, 0.2) is 22.7 Å². The molecule has 0 saturated heterocycles. The predicted octanol–water partition coefficient (Wildman–Crippen LogP) is 3.06. The summed E-state index contributed by atoms with van der Waals surface area (Å²) in [6, 6.07) is 5.63. The van der Waals surface area contributed by atoms with Crippen LogP contribution in [0, 0.1) is 5.92 Å². The molecule has 1 saturated carbocycles. The number of benzene rings is 1. The van der Waals surface area contributed by atoms with Crippen LogP contribution in [0.1, 0.15) is 48.0 Å². The third-order valence-corrected chi connectivity index (χ3v) is 4.92. The number of hydrogen-bond donors (Lipinski definition) is 2. The third kappa shape index (κ3) is 4.80. The molecule has 3 N–H and O–H groups in total. The second kappa shape index (κ2) is 7.92. The summed E-state index contributed by atoms with van der Waals surface area (Å²) >= 11 is 3.55. The van der Waals surface area contributed by atoms with E-state index in [2.05, 4.69) is 33.3 Å². The number of nitrogens with one attached hydrogen (secondary N) is 1. The number of hydrazine groups is 1. The Labute approximate surface area is 135 Å². The van der Waals surface area contributed by atoms with E-state index in [0.29, 0.717) is 5.56 Å². The Bertz CT molecular complexity index is 486. The first-order chi connectivity index (χ1) is 10.1. The summed E-state index contributed by atoms with van der Waals surface area (Å²) in [5.41, 5.74) is 3.92. The van der Waals surface area contributed by atoms with E-state index in [1.165, 1.54) is 37.7 Å². The van der Waals surface area contributed by atoms with Gasteiger partial charge in [-0.1, -0.05) is 41.3 Å². The Morgan fingerprint density at radius 3 is 2.71 bits per heavy atom. The van der Waals surface area contributed by atoms with Crippen molar-refractivity contribution in [3.05, 3.63) is 33.8 Å². The van der Waals surface area contributed by atoms with Crippen molar-refractivity contribution in [2.75, 3.05) is 13.6 Å². The highest BCUT2D eigenvalue weighted by atomic mass is 79.9. The van der Waals surface area contributed by atoms with Gasteiger partial charge in [-0.25, -0.2) is 5.84 Å². The first-order valence-corrected chi connectivity index (χ1v) is 8.37. The van der Waals surface area contributed by atoms with E-state index in [1.807, 2.05) is 18.2 Å². The van der Waals surface area contributed by atoms with E-state index in [-0.39, 0.29) is 5.91 Å². The summed E-state index contributed by atoms with van der Waals surface area (Å²) in [5.74, 6) is 5.73. The van der Waals surface area contributed by atoms with Crippen LogP contribution in [0.25, 0.3) is 0 Å². The zero-order valence-electron chi connectivity index (χ0n) is 12.6. The monoisotopic (exact) mass is 353 g/mol. The highest BCUT2D eigenvalue weighted by Crippen LogP contribution is 2.25. The highest BCUT2D eigenvalue weighted by molar-refractivity contribution is 9.10. The van der Waals surface area contributed by atoms with Gasteiger partial charge in [0, 0.05) is 23.1 Å². The molecule has 5 heteroatoms. The zero-order chi connectivity index (χ0) is 15.2. The van der Waals surface area contributed by atoms with Gasteiger partial charge >= 0.3 is 0 Å². The Hall–Kier alpha value is -0.910. The van der Waals surface area contributed by atoms with Crippen LogP contribution >= 0.6 is 15.9 Å². The van der Waals surface area contributed by atoms with Crippen molar-refractivity contribution in [1.82, 2.24) is 10.3 Å². The molecule has 1 fully saturated rings. The molecule has 0 bridgehead atoms. The number of nitrogen functional groups attached to an aromatic ring is 1. The van der Waals surface area contributed by atoms with E-state index >= 15 is 0 Å². The summed E-state index contributed by atoms with van der Waals surface area (Å²) < 4.78 is 0.957. The van der Waals surface area contributed by atoms with Crippen molar-refractivity contribution < 1.29 is 4.79 Å². The normalized spacial score (nSPS) is 16.2. The average molecular weight is 354 g/mol. The van der Waals surface area contributed by atoms with Crippen LogP contribution in [0.3, 0.4) is 0 Å². The number of amides is 1. The number of carbonyl (C=O) groups excluding carboxylic acids is 1. The maximum atomic E-state index is 11.5. The molecular weight excluding hydrogens is 330 g/mol. The fourth-order valence-electron chi connectivity index (χ4n) is 3.07. The number of nitrogens with zero attached hydrogens (tertiary/aromatic N) is 1. The molecule has 0 spiro atoms. The molecule has 0 aliphatic heterocycles. The molecule has 0 aromatic heterocycles. The second-order valence-electron chi connectivity index (χ2n) is 5.98. The molecule has 0 unspecified atom stereocenters. The summed E-state index contributed by atoms with van der Waals surface area (Å²) in [7, 11) is 2.17. The van der Waals surface area contributed by atoms with Crippen LogP contribution < -0.4 is 11.3 Å². The molecule has 1 amide bonds. The van der Waals surface area contributed by atoms with Gasteiger partial charge in [0.2, 0.25) is 0 Å². The van der Waals surface area contributed by atoms with E-state index in [9.17, 15) is 4.79 Å². The summed E-state index contributed by atoms with van der Waals surface area (Å²) in [6.45, 7) is 2.04. The Balaban J connectivity index is 1.93. The van der Waals surface area contributed by atoms with Crippen LogP contribution in [0.5, 0.6) is 0 Å². The van der Waals surface area contributed by atoms with Crippen molar-refractivity contribution in [1.29, 1.82) is 0 Å². The zero-order valence-corrected chi connectivity index (χ0v) is 14.2. The minimum Gasteiger partial charge on any atom is -0.302 e. The lowest BCUT2D eigenvalue weighted by atomic mass is 9.89. The topological polar surface area (TPSA) is 58.4 Å². The number of nitrogens with two attached hydrogens (primary N) is 1. The molecule has 1 aromatic carbocycles. The van der Waals surface area contributed by atoms with Gasteiger partial charge in [0.15, 0.2) is 0 Å². The molecule has 116 valence electrons. The molecule has 0 heterocycles. The first-order valence-electron chi connectivity index (χ1n) is 7.58. The fraction of sp³-hybridized carbons (Fsp3) is 0.562. The molecule has 1 aromatic rings. The van der Waals surface area contributed by atoms with Crippen LogP contribution in [0.4, 0.5) is 0 Å². The van der Waals surface area contributed by atoms with Gasteiger partial charge in [-0.3, -0.25) is 10.2 Å². The molecule has 1 aliphatic carbocycles. The average Bonchev–Trinajstić information content (AvgIpc) is 2.49. The second-order valence-corrected chi connectivity index (χ2v) is 6.83. The molecule has 0 radical (unpaired) electrons. The van der Waals surface area contributed by atoms with Gasteiger partial charge in [0.05, 0.1) is 0 Å². The van der Waals surface area contributed by atoms with Crippen molar-refractivity contribution in [2.24, 2.45) is 11.8 Å². The first kappa shape index (κ1) is 16.5. The van der Waals surface area contributed by atoms with E-state index in [4.69, 9.17) is 5.84 Å². The summed E-state index contributed by atoms with van der Waals surface area (Å²) in [6.07, 6.45) is 6.88. The predicted molar refractivity (Wildman–Crippen MR) is 88.7 cm³/mol. The van der Waals surface area contributed by atoms with Crippen LogP contribution in [0.2, 0.25) is 0 Å². The number of rotatable bonds is 5. The van der Waals surface area contributed by atoms with Crippen molar-refractivity contribution in [2.45, 2.75) is 38.6 Å². The van der Waals surface area contributed by atoms with E-state index < -0.39 is 0 Å². The van der Waals surface area contributed by atoms with E-state index in [0.717, 1.165) is 23.5 Å². The minimum absolute atomic E-state index is 0.266. The molecule has 0 atom stereocenters. The summed E-state index contributed by atoms with van der Waals surface area (Å²) in [5, 5.41) is 0. The Kier molecular flexibility index (Phi) is 6.21. The van der Waals surface area contributed by atoms with Gasteiger partial charge in [0.1, 0.15) is 0 Å². The minimum atomic E-state index is -0.266. The van der Waals surface area contributed by atoms with Crippen LogP contribution in [-0.4, -0.2) is 24.4 Å². The van der Waals surface area contributed by atoms with E-state index in [1.54, 1.807) is 0 Å². The standard InChI is InChI=1S/C16H24BrN3O/c1-20(10-12-5-3-2-4-6-12)11-14-8-7-13(9-15(14)17)16(21)19-18/h7-9,12H,2-6,10-11,18H2,1H3,(H,19,21). The van der Waals surface area contributed by atoms with Gasteiger partial charge in [-0.05, 0) is 43.5 Å². The number of carbonyl (C=O) groups is 1. The van der Waals surface area contributed by atoms with Gasteiger partial charge in [-0.15, -0.1) is 0 Å². The lowest BCUT2D eigenvalue weighted by Crippen LogP contribution is -2.30. The maximum absolute atomic E-state index is 11.5. The quantitative estimate of drug-likeness (QED) is 0.485. The third-order valence-electron chi connectivity index (χ3n) is 4.18. The lowest BCUT2D eigenvalue weighted by molar-refractivity contribution is 0.0953. The molecule has 4 nitrogen and oxygen atoms in total.